The lowest BCUT2D eigenvalue weighted by Crippen LogP contribution is -2.13. The number of nitrogens with two attached hydrogens (primary N) is 1. The van der Waals surface area contributed by atoms with Gasteiger partial charge in [-0.05, 0) is 19.1 Å². The van der Waals surface area contributed by atoms with Crippen LogP contribution < -0.4 is 15.8 Å². The van der Waals surface area contributed by atoms with Gasteiger partial charge in [-0.3, -0.25) is 0 Å². The van der Waals surface area contributed by atoms with E-state index in [0.29, 0.717) is 11.5 Å². The number of methoxy groups -OCH3 is 1. The summed E-state index contributed by atoms with van der Waals surface area (Å²) in [5, 5.41) is 6.38. The number of aryl methyl sites for hydroxylation is 1. The SMILES string of the molecule is COc1ccc(C(N)=S)c(NCc2csc(C)n2)c1. The molecule has 2 aromatic rings. The highest BCUT2D eigenvalue weighted by molar-refractivity contribution is 7.80. The lowest BCUT2D eigenvalue weighted by Gasteiger charge is -2.12. The predicted molar refractivity (Wildman–Crippen MR) is 83.1 cm³/mol. The Morgan fingerprint density at radius 1 is 1.53 bits per heavy atom. The molecule has 0 spiro atoms. The lowest BCUT2D eigenvalue weighted by molar-refractivity contribution is 0.415. The molecule has 0 unspecified atom stereocenters. The second-order valence-corrected chi connectivity index (χ2v) is 5.49. The molecular weight excluding hydrogens is 278 g/mol. The highest BCUT2D eigenvalue weighted by Crippen LogP contribution is 2.23. The van der Waals surface area contributed by atoms with Gasteiger partial charge in [0.15, 0.2) is 0 Å². The molecule has 0 aliphatic heterocycles. The molecule has 4 nitrogen and oxygen atoms in total. The molecule has 1 aromatic heterocycles. The van der Waals surface area contributed by atoms with Gasteiger partial charge in [-0.15, -0.1) is 11.3 Å². The molecule has 2 rings (SSSR count). The van der Waals surface area contributed by atoms with Gasteiger partial charge >= 0.3 is 0 Å². The van der Waals surface area contributed by atoms with E-state index in [0.717, 1.165) is 27.7 Å². The summed E-state index contributed by atoms with van der Waals surface area (Å²) in [7, 11) is 1.63. The monoisotopic (exact) mass is 293 g/mol. The van der Waals surface area contributed by atoms with Gasteiger partial charge < -0.3 is 15.8 Å². The number of thiocarbonyl (C=S) groups is 1. The van der Waals surface area contributed by atoms with Crippen LogP contribution in [0.2, 0.25) is 0 Å². The van der Waals surface area contributed by atoms with Crippen LogP contribution in [-0.2, 0) is 6.54 Å². The number of benzene rings is 1. The van der Waals surface area contributed by atoms with Gasteiger partial charge in [0.25, 0.3) is 0 Å². The minimum atomic E-state index is 0.361. The molecule has 0 amide bonds. The minimum Gasteiger partial charge on any atom is -0.497 e. The average Bonchev–Trinajstić information content (AvgIpc) is 2.81. The quantitative estimate of drug-likeness (QED) is 0.830. The van der Waals surface area contributed by atoms with Crippen LogP contribution in [0.4, 0.5) is 5.69 Å². The number of hydrogen-bond donors (Lipinski definition) is 2. The van der Waals surface area contributed by atoms with E-state index in [1.807, 2.05) is 30.5 Å². The Kier molecular flexibility index (Phi) is 4.34. The van der Waals surface area contributed by atoms with E-state index < -0.39 is 0 Å². The van der Waals surface area contributed by atoms with E-state index in [1.165, 1.54) is 0 Å². The number of nitrogens with zero attached hydrogens (tertiary/aromatic N) is 1. The number of aromatic nitrogens is 1. The first-order chi connectivity index (χ1) is 9.10. The lowest BCUT2D eigenvalue weighted by atomic mass is 10.1. The molecule has 0 fully saturated rings. The number of rotatable bonds is 5. The fourth-order valence-electron chi connectivity index (χ4n) is 1.69. The maximum absolute atomic E-state index is 5.72. The van der Waals surface area contributed by atoms with Gasteiger partial charge in [0.1, 0.15) is 10.7 Å². The van der Waals surface area contributed by atoms with Crippen LogP contribution in [-0.4, -0.2) is 17.1 Å². The maximum Gasteiger partial charge on any atom is 0.120 e. The van der Waals surface area contributed by atoms with Gasteiger partial charge in [-0.1, -0.05) is 12.2 Å². The zero-order chi connectivity index (χ0) is 13.8. The molecule has 1 aromatic carbocycles. The molecule has 0 saturated heterocycles. The molecule has 0 atom stereocenters. The Morgan fingerprint density at radius 2 is 2.32 bits per heavy atom. The molecule has 6 heteroatoms. The Bertz CT molecular complexity index is 595. The summed E-state index contributed by atoms with van der Waals surface area (Å²) in [6.07, 6.45) is 0. The predicted octanol–water partition coefficient (Wildman–Crippen LogP) is 2.71. The van der Waals surface area contributed by atoms with E-state index in [-0.39, 0.29) is 0 Å². The molecule has 0 bridgehead atoms. The normalized spacial score (nSPS) is 10.2. The zero-order valence-corrected chi connectivity index (χ0v) is 12.4. The summed E-state index contributed by atoms with van der Waals surface area (Å²) >= 11 is 6.68. The first-order valence-corrected chi connectivity index (χ1v) is 7.01. The van der Waals surface area contributed by atoms with Crippen molar-refractivity contribution in [2.45, 2.75) is 13.5 Å². The van der Waals surface area contributed by atoms with Crippen molar-refractivity contribution in [2.24, 2.45) is 5.73 Å². The van der Waals surface area contributed by atoms with Crippen LogP contribution in [0.3, 0.4) is 0 Å². The molecule has 0 saturated carbocycles. The number of ether oxygens (including phenoxy) is 1. The van der Waals surface area contributed by atoms with Crippen LogP contribution in [0.25, 0.3) is 0 Å². The van der Waals surface area contributed by atoms with Crippen molar-refractivity contribution in [2.75, 3.05) is 12.4 Å². The van der Waals surface area contributed by atoms with Crippen LogP contribution in [0, 0.1) is 6.92 Å². The van der Waals surface area contributed by atoms with Crippen molar-refractivity contribution in [1.29, 1.82) is 0 Å². The standard InChI is InChI=1S/C13H15N3OS2/c1-8-16-9(7-19-8)6-15-12-5-10(17-2)3-4-11(12)13(14)18/h3-5,7,15H,6H2,1-2H3,(H2,14,18). The first-order valence-electron chi connectivity index (χ1n) is 5.73. The van der Waals surface area contributed by atoms with Crippen molar-refractivity contribution in [1.82, 2.24) is 4.98 Å². The van der Waals surface area contributed by atoms with Gasteiger partial charge in [-0.2, -0.15) is 0 Å². The number of thiazole rings is 1. The highest BCUT2D eigenvalue weighted by atomic mass is 32.1. The Labute approximate surface area is 121 Å². The van der Waals surface area contributed by atoms with Gasteiger partial charge in [0.2, 0.25) is 0 Å². The molecule has 3 N–H and O–H groups in total. The third kappa shape index (κ3) is 3.42. The summed E-state index contributed by atoms with van der Waals surface area (Å²) in [5.41, 5.74) is 8.38. The molecular formula is C13H15N3OS2. The molecule has 0 aliphatic rings. The molecule has 0 radical (unpaired) electrons. The van der Waals surface area contributed by atoms with Gasteiger partial charge in [0, 0.05) is 22.7 Å². The number of nitrogens with one attached hydrogen (secondary N) is 1. The fourth-order valence-corrected chi connectivity index (χ4v) is 2.48. The van der Waals surface area contributed by atoms with Gasteiger partial charge in [-0.25, -0.2) is 4.98 Å². The van der Waals surface area contributed by atoms with Crippen LogP contribution in [0.15, 0.2) is 23.6 Å². The third-order valence-corrected chi connectivity index (χ3v) is 3.66. The summed E-state index contributed by atoms with van der Waals surface area (Å²) in [5.74, 6) is 0.761. The zero-order valence-electron chi connectivity index (χ0n) is 10.8. The van der Waals surface area contributed by atoms with E-state index in [2.05, 4.69) is 10.3 Å². The summed E-state index contributed by atoms with van der Waals surface area (Å²) in [4.78, 5) is 4.76. The summed E-state index contributed by atoms with van der Waals surface area (Å²) in [6, 6.07) is 5.58. The topological polar surface area (TPSA) is 60.2 Å². The summed E-state index contributed by atoms with van der Waals surface area (Å²) < 4.78 is 5.21. The van der Waals surface area contributed by atoms with Crippen LogP contribution in [0.1, 0.15) is 16.3 Å². The first kappa shape index (κ1) is 13.8. The van der Waals surface area contributed by atoms with E-state index in [9.17, 15) is 0 Å². The molecule has 0 aliphatic carbocycles. The van der Waals surface area contributed by atoms with E-state index >= 15 is 0 Å². The Morgan fingerprint density at radius 3 is 2.89 bits per heavy atom. The number of anilines is 1. The largest absolute Gasteiger partial charge is 0.497 e. The van der Waals surface area contributed by atoms with Crippen molar-refractivity contribution >= 4 is 34.2 Å². The molecule has 19 heavy (non-hydrogen) atoms. The van der Waals surface area contributed by atoms with Crippen molar-refractivity contribution in [3.05, 3.63) is 39.8 Å². The fraction of sp³-hybridized carbons (Fsp3) is 0.231. The van der Waals surface area contributed by atoms with Crippen molar-refractivity contribution < 1.29 is 4.74 Å². The third-order valence-electron chi connectivity index (χ3n) is 2.62. The Balaban J connectivity index is 2.19. The van der Waals surface area contributed by atoms with Crippen LogP contribution in [0.5, 0.6) is 5.75 Å². The Hall–Kier alpha value is -1.66. The molecule has 100 valence electrons. The maximum atomic E-state index is 5.72. The number of hydrogen-bond acceptors (Lipinski definition) is 5. The average molecular weight is 293 g/mol. The highest BCUT2D eigenvalue weighted by Gasteiger charge is 2.07. The smallest absolute Gasteiger partial charge is 0.120 e. The van der Waals surface area contributed by atoms with Crippen molar-refractivity contribution in [3.63, 3.8) is 0 Å². The minimum absolute atomic E-state index is 0.361. The van der Waals surface area contributed by atoms with Crippen molar-refractivity contribution in [3.8, 4) is 5.75 Å². The summed E-state index contributed by atoms with van der Waals surface area (Å²) in [6.45, 7) is 2.62. The van der Waals surface area contributed by atoms with E-state index in [4.69, 9.17) is 22.7 Å². The second kappa shape index (κ2) is 5.99. The van der Waals surface area contributed by atoms with E-state index in [1.54, 1.807) is 18.4 Å². The molecule has 1 heterocycles. The second-order valence-electron chi connectivity index (χ2n) is 3.99. The van der Waals surface area contributed by atoms with Gasteiger partial charge in [0.05, 0.1) is 24.4 Å². The van der Waals surface area contributed by atoms with Crippen LogP contribution >= 0.6 is 23.6 Å².